The molecule has 0 aliphatic heterocycles. The molecule has 2 nitrogen and oxygen atoms in total. The van der Waals surface area contributed by atoms with Gasteiger partial charge in [0, 0.05) is 6.42 Å². The van der Waals surface area contributed by atoms with Crippen molar-refractivity contribution >= 4 is 0 Å². The van der Waals surface area contributed by atoms with Gasteiger partial charge in [-0.3, -0.25) is 0 Å². The Hall–Kier alpha value is -0.860. The molecule has 0 aromatic heterocycles. The molecule has 1 unspecified atom stereocenters. The van der Waals surface area contributed by atoms with E-state index in [-0.39, 0.29) is 6.10 Å². The lowest BCUT2D eigenvalue weighted by Gasteiger charge is -2.05. The first-order valence-corrected chi connectivity index (χ1v) is 4.43. The standard InChI is InChI=1S/C11H15O2/c1-10(12)9-13-8-7-11-5-3-2-4-6-11/h2-7,10,12H,8-9H2,1H3. The minimum Gasteiger partial charge on any atom is -0.391 e. The molecule has 0 saturated heterocycles. The number of aliphatic hydroxyl groups is 1. The maximum atomic E-state index is 8.91. The lowest BCUT2D eigenvalue weighted by Crippen LogP contribution is -2.11. The molecular formula is C11H15O2. The van der Waals surface area contributed by atoms with Crippen LogP contribution in [0, 0.1) is 6.42 Å². The fourth-order valence-electron chi connectivity index (χ4n) is 0.983. The fraction of sp³-hybridized carbons (Fsp3) is 0.364. The zero-order valence-electron chi connectivity index (χ0n) is 7.81. The van der Waals surface area contributed by atoms with Crippen LogP contribution in [0.4, 0.5) is 0 Å². The van der Waals surface area contributed by atoms with E-state index in [2.05, 4.69) is 0 Å². The molecule has 0 amide bonds. The normalized spacial score (nSPS) is 12.8. The van der Waals surface area contributed by atoms with Crippen molar-refractivity contribution in [2.45, 2.75) is 13.0 Å². The van der Waals surface area contributed by atoms with Crippen LogP contribution in [0.25, 0.3) is 0 Å². The van der Waals surface area contributed by atoms with E-state index in [1.807, 2.05) is 36.8 Å². The third-order valence-corrected chi connectivity index (χ3v) is 1.60. The van der Waals surface area contributed by atoms with E-state index in [0.29, 0.717) is 13.2 Å². The second kappa shape index (κ2) is 5.73. The van der Waals surface area contributed by atoms with Crippen LogP contribution in [0.3, 0.4) is 0 Å². The Morgan fingerprint density at radius 2 is 2.08 bits per heavy atom. The van der Waals surface area contributed by atoms with Crippen molar-refractivity contribution < 1.29 is 9.84 Å². The van der Waals surface area contributed by atoms with Crippen LogP contribution < -0.4 is 0 Å². The van der Waals surface area contributed by atoms with Gasteiger partial charge in [-0.05, 0) is 12.5 Å². The smallest absolute Gasteiger partial charge is 0.0745 e. The molecule has 1 N–H and O–H groups in total. The van der Waals surface area contributed by atoms with E-state index in [4.69, 9.17) is 9.84 Å². The average Bonchev–Trinajstić information content (AvgIpc) is 2.14. The summed E-state index contributed by atoms with van der Waals surface area (Å²) < 4.78 is 5.19. The average molecular weight is 179 g/mol. The first-order chi connectivity index (χ1) is 6.29. The highest BCUT2D eigenvalue weighted by Crippen LogP contribution is 2.01. The van der Waals surface area contributed by atoms with Gasteiger partial charge in [0.05, 0.1) is 19.3 Å². The summed E-state index contributed by atoms with van der Waals surface area (Å²) in [4.78, 5) is 0. The van der Waals surface area contributed by atoms with Crippen molar-refractivity contribution in [3.63, 3.8) is 0 Å². The molecule has 0 heterocycles. The summed E-state index contributed by atoms with van der Waals surface area (Å²) >= 11 is 0. The van der Waals surface area contributed by atoms with E-state index < -0.39 is 0 Å². The topological polar surface area (TPSA) is 29.5 Å². The highest BCUT2D eigenvalue weighted by molar-refractivity contribution is 5.22. The van der Waals surface area contributed by atoms with Gasteiger partial charge in [0.15, 0.2) is 0 Å². The third-order valence-electron chi connectivity index (χ3n) is 1.60. The summed E-state index contributed by atoms with van der Waals surface area (Å²) in [5, 5.41) is 8.91. The van der Waals surface area contributed by atoms with E-state index in [9.17, 15) is 0 Å². The van der Waals surface area contributed by atoms with E-state index in [1.54, 1.807) is 6.92 Å². The van der Waals surface area contributed by atoms with Crippen molar-refractivity contribution in [3.8, 4) is 0 Å². The Morgan fingerprint density at radius 3 is 2.69 bits per heavy atom. The van der Waals surface area contributed by atoms with Gasteiger partial charge in [-0.1, -0.05) is 30.3 Å². The maximum absolute atomic E-state index is 8.91. The molecule has 1 atom stereocenters. The molecule has 0 spiro atoms. The fourth-order valence-corrected chi connectivity index (χ4v) is 0.983. The maximum Gasteiger partial charge on any atom is 0.0745 e. The molecular weight excluding hydrogens is 164 g/mol. The molecule has 0 aliphatic rings. The number of aliphatic hydroxyl groups excluding tert-OH is 1. The Labute approximate surface area is 79.2 Å². The molecule has 13 heavy (non-hydrogen) atoms. The first-order valence-electron chi connectivity index (χ1n) is 4.43. The summed E-state index contributed by atoms with van der Waals surface area (Å²) in [6, 6.07) is 9.99. The molecule has 0 fully saturated rings. The zero-order chi connectivity index (χ0) is 9.52. The molecule has 1 radical (unpaired) electrons. The summed E-state index contributed by atoms with van der Waals surface area (Å²) in [5.74, 6) is 0. The van der Waals surface area contributed by atoms with Crippen LogP contribution in [0.2, 0.25) is 0 Å². The molecule has 1 aromatic rings. The molecule has 71 valence electrons. The summed E-state index contributed by atoms with van der Waals surface area (Å²) in [7, 11) is 0. The monoisotopic (exact) mass is 179 g/mol. The predicted octanol–water partition coefficient (Wildman–Crippen LogP) is 1.64. The predicted molar refractivity (Wildman–Crippen MR) is 52.3 cm³/mol. The quantitative estimate of drug-likeness (QED) is 0.696. The highest BCUT2D eigenvalue weighted by atomic mass is 16.5. The Balaban J connectivity index is 2.13. The number of rotatable bonds is 5. The van der Waals surface area contributed by atoms with Crippen LogP contribution in [0.5, 0.6) is 0 Å². The van der Waals surface area contributed by atoms with Crippen molar-refractivity contribution in [1.29, 1.82) is 0 Å². The van der Waals surface area contributed by atoms with Gasteiger partial charge >= 0.3 is 0 Å². The minimum atomic E-state index is -0.385. The van der Waals surface area contributed by atoms with Crippen molar-refractivity contribution in [2.24, 2.45) is 0 Å². The number of hydrogen-bond acceptors (Lipinski definition) is 2. The summed E-state index contributed by atoms with van der Waals surface area (Å²) in [6.45, 7) is 2.65. The molecule has 2 heteroatoms. The largest absolute Gasteiger partial charge is 0.391 e. The van der Waals surface area contributed by atoms with E-state index in [0.717, 1.165) is 5.56 Å². The van der Waals surface area contributed by atoms with Gasteiger partial charge < -0.3 is 9.84 Å². The molecule has 0 bridgehead atoms. The lowest BCUT2D eigenvalue weighted by molar-refractivity contribution is 0.0568. The van der Waals surface area contributed by atoms with Gasteiger partial charge in [-0.2, -0.15) is 0 Å². The molecule has 0 aliphatic carbocycles. The van der Waals surface area contributed by atoms with Crippen LogP contribution in [-0.2, 0) is 4.74 Å². The van der Waals surface area contributed by atoms with Crippen molar-refractivity contribution in [2.75, 3.05) is 13.2 Å². The second-order valence-electron chi connectivity index (χ2n) is 3.00. The van der Waals surface area contributed by atoms with Crippen LogP contribution in [-0.4, -0.2) is 24.4 Å². The first kappa shape index (κ1) is 10.2. The van der Waals surface area contributed by atoms with E-state index >= 15 is 0 Å². The number of hydrogen-bond donors (Lipinski definition) is 1. The SMILES string of the molecule is CC(O)COC[CH]c1ccccc1. The Morgan fingerprint density at radius 1 is 1.38 bits per heavy atom. The lowest BCUT2D eigenvalue weighted by atomic mass is 10.2. The summed E-state index contributed by atoms with van der Waals surface area (Å²) in [5.41, 5.74) is 1.15. The summed E-state index contributed by atoms with van der Waals surface area (Å²) in [6.07, 6.45) is 1.60. The highest BCUT2D eigenvalue weighted by Gasteiger charge is 1.95. The van der Waals surface area contributed by atoms with Crippen molar-refractivity contribution in [3.05, 3.63) is 42.3 Å². The third kappa shape index (κ3) is 4.65. The Bertz CT molecular complexity index is 219. The van der Waals surface area contributed by atoms with Crippen molar-refractivity contribution in [1.82, 2.24) is 0 Å². The molecule has 0 saturated carbocycles. The van der Waals surface area contributed by atoms with Crippen LogP contribution >= 0.6 is 0 Å². The minimum absolute atomic E-state index is 0.385. The van der Waals surface area contributed by atoms with Gasteiger partial charge in [0.1, 0.15) is 0 Å². The molecule has 1 rings (SSSR count). The second-order valence-corrected chi connectivity index (χ2v) is 3.00. The van der Waals surface area contributed by atoms with Gasteiger partial charge in [0.2, 0.25) is 0 Å². The van der Waals surface area contributed by atoms with Gasteiger partial charge in [-0.15, -0.1) is 0 Å². The zero-order valence-corrected chi connectivity index (χ0v) is 7.81. The van der Waals surface area contributed by atoms with E-state index in [1.165, 1.54) is 0 Å². The Kier molecular flexibility index (Phi) is 4.50. The molecule has 1 aromatic carbocycles. The number of ether oxygens (including phenoxy) is 1. The van der Waals surface area contributed by atoms with Gasteiger partial charge in [0.25, 0.3) is 0 Å². The van der Waals surface area contributed by atoms with Crippen LogP contribution in [0.15, 0.2) is 30.3 Å². The number of benzene rings is 1. The van der Waals surface area contributed by atoms with Gasteiger partial charge in [-0.25, -0.2) is 0 Å². The van der Waals surface area contributed by atoms with Crippen LogP contribution in [0.1, 0.15) is 12.5 Å².